The Hall–Kier alpha value is -1.75. The van der Waals surface area contributed by atoms with Gasteiger partial charge in [0.05, 0.1) is 12.1 Å². The largest absolute Gasteiger partial charge is 0.486 e. The Labute approximate surface area is 118 Å². The molecule has 1 amide bonds. The number of rotatable bonds is 3. The molecule has 0 unspecified atom stereocenters. The second-order valence-electron chi connectivity index (χ2n) is 5.17. The van der Waals surface area contributed by atoms with Gasteiger partial charge in [-0.2, -0.15) is 0 Å². The molecule has 108 valence electrons. The van der Waals surface area contributed by atoms with Gasteiger partial charge in [0, 0.05) is 12.2 Å². The highest BCUT2D eigenvalue weighted by molar-refractivity contribution is 5.95. The predicted molar refractivity (Wildman–Crippen MR) is 73.3 cm³/mol. The van der Waals surface area contributed by atoms with Crippen molar-refractivity contribution in [3.63, 3.8) is 0 Å². The van der Waals surface area contributed by atoms with Gasteiger partial charge in [-0.3, -0.25) is 4.79 Å². The highest BCUT2D eigenvalue weighted by Crippen LogP contribution is 2.30. The molecule has 0 aliphatic carbocycles. The van der Waals surface area contributed by atoms with Gasteiger partial charge in [-0.1, -0.05) is 0 Å². The summed E-state index contributed by atoms with van der Waals surface area (Å²) >= 11 is 0. The maximum absolute atomic E-state index is 12.2. The molecule has 3 rings (SSSR count). The quantitative estimate of drug-likeness (QED) is 0.914. The van der Waals surface area contributed by atoms with E-state index in [1.807, 2.05) is 6.92 Å². The van der Waals surface area contributed by atoms with Gasteiger partial charge in [-0.05, 0) is 38.0 Å². The summed E-state index contributed by atoms with van der Waals surface area (Å²) in [5, 5.41) is 2.98. The first-order valence-electron chi connectivity index (χ1n) is 7.06. The molecule has 2 heterocycles. The highest BCUT2D eigenvalue weighted by Gasteiger charge is 2.24. The van der Waals surface area contributed by atoms with Gasteiger partial charge in [-0.25, -0.2) is 0 Å². The van der Waals surface area contributed by atoms with Crippen LogP contribution in [-0.4, -0.2) is 37.9 Å². The molecule has 0 bridgehead atoms. The lowest BCUT2D eigenvalue weighted by atomic mass is 10.1. The van der Waals surface area contributed by atoms with Gasteiger partial charge < -0.3 is 19.5 Å². The minimum atomic E-state index is -0.107. The minimum Gasteiger partial charge on any atom is -0.486 e. The summed E-state index contributed by atoms with van der Waals surface area (Å²) in [6.45, 7) is 3.83. The average Bonchev–Trinajstić information content (AvgIpc) is 3.01. The van der Waals surface area contributed by atoms with Crippen molar-refractivity contribution in [2.75, 3.05) is 19.8 Å². The lowest BCUT2D eigenvalue weighted by Crippen LogP contribution is -2.40. The number of fused-ring (bicyclic) bond motifs is 1. The van der Waals surface area contributed by atoms with Gasteiger partial charge >= 0.3 is 0 Å². The van der Waals surface area contributed by atoms with E-state index in [1.54, 1.807) is 18.2 Å². The smallest absolute Gasteiger partial charge is 0.251 e. The standard InChI is InChI=1S/C15H19NO4/c1-10(12-3-2-6-18-12)16-15(17)11-4-5-13-14(9-11)20-8-7-19-13/h4-5,9-10,12H,2-3,6-8H2,1H3,(H,16,17)/t10-,12-/m0/s1. The van der Waals surface area contributed by atoms with Crippen LogP contribution in [0.3, 0.4) is 0 Å². The molecule has 0 radical (unpaired) electrons. The Morgan fingerprint density at radius 1 is 1.25 bits per heavy atom. The number of carbonyl (C=O) groups is 1. The van der Waals surface area contributed by atoms with Crippen LogP contribution in [-0.2, 0) is 4.74 Å². The molecule has 1 N–H and O–H groups in total. The van der Waals surface area contributed by atoms with Crippen molar-refractivity contribution < 1.29 is 19.0 Å². The first-order chi connectivity index (χ1) is 9.74. The molecular weight excluding hydrogens is 258 g/mol. The molecule has 1 fully saturated rings. The van der Waals surface area contributed by atoms with Crippen LogP contribution >= 0.6 is 0 Å². The first kappa shape index (κ1) is 13.2. The summed E-state index contributed by atoms with van der Waals surface area (Å²) in [5.74, 6) is 1.22. The summed E-state index contributed by atoms with van der Waals surface area (Å²) < 4.78 is 16.5. The van der Waals surface area contributed by atoms with Crippen molar-refractivity contribution in [2.45, 2.75) is 31.9 Å². The molecule has 5 nitrogen and oxygen atoms in total. The van der Waals surface area contributed by atoms with E-state index in [0.29, 0.717) is 30.3 Å². The number of benzene rings is 1. The van der Waals surface area contributed by atoms with Crippen molar-refractivity contribution >= 4 is 5.91 Å². The summed E-state index contributed by atoms with van der Waals surface area (Å²) in [5.41, 5.74) is 0.582. The fourth-order valence-corrected chi connectivity index (χ4v) is 2.56. The van der Waals surface area contributed by atoms with Crippen LogP contribution in [0.5, 0.6) is 11.5 Å². The number of nitrogens with one attached hydrogen (secondary N) is 1. The van der Waals surface area contributed by atoms with Crippen LogP contribution in [0.2, 0.25) is 0 Å². The Bertz CT molecular complexity index is 497. The number of amides is 1. The molecule has 1 aromatic carbocycles. The summed E-state index contributed by atoms with van der Waals surface area (Å²) in [4.78, 5) is 12.2. The molecule has 0 spiro atoms. The molecule has 5 heteroatoms. The Balaban J connectivity index is 1.67. The third kappa shape index (κ3) is 2.72. The van der Waals surface area contributed by atoms with E-state index in [-0.39, 0.29) is 18.1 Å². The van der Waals surface area contributed by atoms with E-state index in [9.17, 15) is 4.79 Å². The molecule has 2 atom stereocenters. The van der Waals surface area contributed by atoms with E-state index in [2.05, 4.69) is 5.32 Å². The average molecular weight is 277 g/mol. The Kier molecular flexibility index (Phi) is 3.78. The van der Waals surface area contributed by atoms with Crippen molar-refractivity contribution in [1.82, 2.24) is 5.32 Å². The number of hydrogen-bond acceptors (Lipinski definition) is 4. The van der Waals surface area contributed by atoms with Crippen LogP contribution in [0.4, 0.5) is 0 Å². The van der Waals surface area contributed by atoms with Gasteiger partial charge in [0.2, 0.25) is 0 Å². The van der Waals surface area contributed by atoms with Gasteiger partial charge in [0.25, 0.3) is 5.91 Å². The van der Waals surface area contributed by atoms with E-state index in [1.165, 1.54) is 0 Å². The molecular formula is C15H19NO4. The van der Waals surface area contributed by atoms with E-state index in [4.69, 9.17) is 14.2 Å². The Morgan fingerprint density at radius 3 is 2.80 bits per heavy atom. The summed E-state index contributed by atoms with van der Waals surface area (Å²) in [7, 11) is 0. The van der Waals surface area contributed by atoms with E-state index < -0.39 is 0 Å². The normalized spacial score (nSPS) is 22.4. The molecule has 0 saturated carbocycles. The molecule has 20 heavy (non-hydrogen) atoms. The molecule has 2 aliphatic heterocycles. The molecule has 2 aliphatic rings. The van der Waals surface area contributed by atoms with Gasteiger partial charge in [0.15, 0.2) is 11.5 Å². The monoisotopic (exact) mass is 277 g/mol. The fraction of sp³-hybridized carbons (Fsp3) is 0.533. The lowest BCUT2D eigenvalue weighted by molar-refractivity contribution is 0.0712. The summed E-state index contributed by atoms with van der Waals surface area (Å²) in [6.07, 6.45) is 2.19. The SMILES string of the molecule is C[C@H](NC(=O)c1ccc2c(c1)OCCO2)[C@@H]1CCCO1. The van der Waals surface area contributed by atoms with Gasteiger partial charge in [-0.15, -0.1) is 0 Å². The topological polar surface area (TPSA) is 56.8 Å². The van der Waals surface area contributed by atoms with Crippen LogP contribution in [0.15, 0.2) is 18.2 Å². The maximum atomic E-state index is 12.2. The lowest BCUT2D eigenvalue weighted by Gasteiger charge is -2.21. The second kappa shape index (κ2) is 5.71. The van der Waals surface area contributed by atoms with Crippen molar-refractivity contribution in [1.29, 1.82) is 0 Å². The number of hydrogen-bond donors (Lipinski definition) is 1. The van der Waals surface area contributed by atoms with Crippen molar-refractivity contribution in [3.05, 3.63) is 23.8 Å². The maximum Gasteiger partial charge on any atom is 0.251 e. The number of ether oxygens (including phenoxy) is 3. The van der Waals surface area contributed by atoms with Crippen molar-refractivity contribution in [3.8, 4) is 11.5 Å². The van der Waals surface area contributed by atoms with Crippen LogP contribution in [0.1, 0.15) is 30.1 Å². The Morgan fingerprint density at radius 2 is 2.05 bits per heavy atom. The number of carbonyl (C=O) groups excluding carboxylic acids is 1. The molecule has 1 saturated heterocycles. The second-order valence-corrected chi connectivity index (χ2v) is 5.17. The third-order valence-corrected chi connectivity index (χ3v) is 3.69. The minimum absolute atomic E-state index is 0.0122. The van der Waals surface area contributed by atoms with E-state index >= 15 is 0 Å². The molecule has 0 aromatic heterocycles. The van der Waals surface area contributed by atoms with Gasteiger partial charge in [0.1, 0.15) is 13.2 Å². The third-order valence-electron chi connectivity index (χ3n) is 3.69. The van der Waals surface area contributed by atoms with E-state index in [0.717, 1.165) is 19.4 Å². The van der Waals surface area contributed by atoms with Crippen LogP contribution in [0, 0.1) is 0 Å². The fourth-order valence-electron chi connectivity index (χ4n) is 2.56. The molecule has 1 aromatic rings. The highest BCUT2D eigenvalue weighted by atomic mass is 16.6. The van der Waals surface area contributed by atoms with Crippen LogP contribution < -0.4 is 14.8 Å². The zero-order valence-electron chi connectivity index (χ0n) is 11.6. The first-order valence-corrected chi connectivity index (χ1v) is 7.06. The van der Waals surface area contributed by atoms with Crippen molar-refractivity contribution in [2.24, 2.45) is 0 Å². The summed E-state index contributed by atoms with van der Waals surface area (Å²) in [6, 6.07) is 5.27. The van der Waals surface area contributed by atoms with Crippen LogP contribution in [0.25, 0.3) is 0 Å². The zero-order valence-corrected chi connectivity index (χ0v) is 11.6. The zero-order chi connectivity index (χ0) is 13.9. The predicted octanol–water partition coefficient (Wildman–Crippen LogP) is 1.76.